The number of carbonyl (C=O) groups is 1. The molecule has 0 spiro atoms. The highest BCUT2D eigenvalue weighted by Crippen LogP contribution is 2.60. The second-order valence-electron chi connectivity index (χ2n) is 7.83. The molecule has 0 saturated heterocycles. The Morgan fingerprint density at radius 2 is 1.50 bits per heavy atom. The highest BCUT2D eigenvalue weighted by Gasteiger charge is 2.55. The molecule has 126 valence electrons. The summed E-state index contributed by atoms with van der Waals surface area (Å²) in [6, 6.07) is 0. The second kappa shape index (κ2) is 6.88. The van der Waals surface area contributed by atoms with Crippen LogP contribution in [-0.2, 0) is 14.3 Å². The molecule has 4 heteroatoms. The quantitative estimate of drug-likeness (QED) is 0.647. The number of ether oxygens (including phenoxy) is 2. The maximum Gasteiger partial charge on any atom is 0.228 e. The Bertz CT molecular complexity index is 361. The molecule has 0 radical (unpaired) electrons. The van der Waals surface area contributed by atoms with Gasteiger partial charge in [-0.25, -0.2) is 0 Å². The zero-order chi connectivity index (χ0) is 15.6. The van der Waals surface area contributed by atoms with E-state index in [0.717, 1.165) is 63.1 Å². The van der Waals surface area contributed by atoms with Crippen molar-refractivity contribution in [2.24, 2.45) is 23.2 Å². The predicted octanol–water partition coefficient (Wildman–Crippen LogP) is 2.71. The fourth-order valence-corrected chi connectivity index (χ4v) is 5.62. The minimum absolute atomic E-state index is 0.0322. The monoisotopic (exact) mass is 309 g/mol. The van der Waals surface area contributed by atoms with Crippen molar-refractivity contribution >= 4 is 5.91 Å². The van der Waals surface area contributed by atoms with Crippen LogP contribution < -0.4 is 0 Å². The maximum atomic E-state index is 13.3. The van der Waals surface area contributed by atoms with Gasteiger partial charge in [0.15, 0.2) is 0 Å². The van der Waals surface area contributed by atoms with Gasteiger partial charge in [0.05, 0.1) is 12.0 Å². The first-order chi connectivity index (χ1) is 10.7. The third kappa shape index (κ3) is 3.18. The van der Waals surface area contributed by atoms with Gasteiger partial charge in [-0.1, -0.05) is 0 Å². The van der Waals surface area contributed by atoms with Crippen molar-refractivity contribution in [3.63, 3.8) is 0 Å². The van der Waals surface area contributed by atoms with E-state index >= 15 is 0 Å². The van der Waals surface area contributed by atoms with Crippen LogP contribution in [0.25, 0.3) is 0 Å². The smallest absolute Gasteiger partial charge is 0.228 e. The van der Waals surface area contributed by atoms with Crippen LogP contribution in [0.3, 0.4) is 0 Å². The molecule has 0 aliphatic heterocycles. The number of carbonyl (C=O) groups excluding carboxylic acids is 1. The van der Waals surface area contributed by atoms with Crippen molar-refractivity contribution in [2.75, 3.05) is 40.5 Å². The van der Waals surface area contributed by atoms with Gasteiger partial charge in [-0.15, -0.1) is 0 Å². The van der Waals surface area contributed by atoms with Crippen molar-refractivity contribution in [3.8, 4) is 0 Å². The molecule has 4 rings (SSSR count). The summed E-state index contributed by atoms with van der Waals surface area (Å²) >= 11 is 0. The van der Waals surface area contributed by atoms with Crippen LogP contribution in [0.1, 0.15) is 44.9 Å². The number of rotatable bonds is 8. The molecule has 4 saturated carbocycles. The van der Waals surface area contributed by atoms with Gasteiger partial charge in [-0.2, -0.15) is 0 Å². The Hall–Kier alpha value is -0.610. The Kier molecular flexibility index (Phi) is 5.08. The maximum absolute atomic E-state index is 13.3. The number of hydrogen-bond donors (Lipinski definition) is 0. The van der Waals surface area contributed by atoms with Crippen LogP contribution in [0.4, 0.5) is 0 Å². The van der Waals surface area contributed by atoms with Crippen molar-refractivity contribution in [1.82, 2.24) is 4.90 Å². The predicted molar refractivity (Wildman–Crippen MR) is 85.6 cm³/mol. The van der Waals surface area contributed by atoms with E-state index in [4.69, 9.17) is 9.47 Å². The van der Waals surface area contributed by atoms with Gasteiger partial charge in [0.2, 0.25) is 5.91 Å². The average molecular weight is 309 g/mol. The third-order valence-corrected chi connectivity index (χ3v) is 6.12. The highest BCUT2D eigenvalue weighted by molar-refractivity contribution is 5.83. The zero-order valence-electron chi connectivity index (χ0n) is 14.2. The van der Waals surface area contributed by atoms with Gasteiger partial charge in [-0.3, -0.25) is 4.79 Å². The zero-order valence-corrected chi connectivity index (χ0v) is 14.2. The van der Waals surface area contributed by atoms with Gasteiger partial charge >= 0.3 is 0 Å². The van der Waals surface area contributed by atoms with Gasteiger partial charge < -0.3 is 14.4 Å². The van der Waals surface area contributed by atoms with E-state index in [1.54, 1.807) is 14.2 Å². The average Bonchev–Trinajstić information content (AvgIpc) is 2.49. The van der Waals surface area contributed by atoms with E-state index in [0.29, 0.717) is 12.5 Å². The normalized spacial score (nSPS) is 35.8. The molecule has 0 heterocycles. The van der Waals surface area contributed by atoms with Gasteiger partial charge in [0, 0.05) is 33.9 Å². The molecule has 0 N–H and O–H groups in total. The largest absolute Gasteiger partial charge is 0.385 e. The standard InChI is InChI=1S/C18H31NO3/c1-21-6-3-4-19(5-7-22-2)17(20)18-11-14-8-15(12-18)10-16(9-14)13-18/h14-16H,3-13H2,1-2H3. The summed E-state index contributed by atoms with van der Waals surface area (Å²) in [4.78, 5) is 15.4. The molecule has 4 fully saturated rings. The lowest BCUT2D eigenvalue weighted by molar-refractivity contribution is -0.158. The lowest BCUT2D eigenvalue weighted by atomic mass is 9.49. The van der Waals surface area contributed by atoms with E-state index < -0.39 is 0 Å². The minimum atomic E-state index is -0.0322. The summed E-state index contributed by atoms with van der Waals surface area (Å²) in [5.41, 5.74) is -0.0322. The van der Waals surface area contributed by atoms with Crippen molar-refractivity contribution < 1.29 is 14.3 Å². The first-order valence-corrected chi connectivity index (χ1v) is 8.94. The van der Waals surface area contributed by atoms with Crippen molar-refractivity contribution in [3.05, 3.63) is 0 Å². The van der Waals surface area contributed by atoms with Gasteiger partial charge in [0.25, 0.3) is 0 Å². The van der Waals surface area contributed by atoms with Crippen LogP contribution in [0, 0.1) is 23.2 Å². The molecular weight excluding hydrogens is 278 g/mol. The number of amides is 1. The van der Waals surface area contributed by atoms with Crippen LogP contribution in [0.2, 0.25) is 0 Å². The Balaban J connectivity index is 1.68. The molecule has 4 bridgehead atoms. The molecule has 0 aromatic rings. The van der Waals surface area contributed by atoms with Crippen molar-refractivity contribution in [1.29, 1.82) is 0 Å². The fraction of sp³-hybridized carbons (Fsp3) is 0.944. The van der Waals surface area contributed by atoms with E-state index in [-0.39, 0.29) is 5.41 Å². The molecule has 22 heavy (non-hydrogen) atoms. The van der Waals surface area contributed by atoms with E-state index in [1.807, 2.05) is 0 Å². The Morgan fingerprint density at radius 3 is 2.00 bits per heavy atom. The number of nitrogens with zero attached hydrogens (tertiary/aromatic N) is 1. The van der Waals surface area contributed by atoms with E-state index in [1.165, 1.54) is 19.3 Å². The van der Waals surface area contributed by atoms with E-state index in [9.17, 15) is 4.79 Å². The SMILES string of the molecule is COCCCN(CCOC)C(=O)C12CC3CC(CC(C3)C1)C2. The molecule has 0 aromatic carbocycles. The molecule has 0 unspecified atom stereocenters. The second-order valence-corrected chi connectivity index (χ2v) is 7.83. The summed E-state index contributed by atoms with van der Waals surface area (Å²) in [7, 11) is 3.43. The van der Waals surface area contributed by atoms with E-state index in [2.05, 4.69) is 4.90 Å². The molecule has 4 aliphatic carbocycles. The third-order valence-electron chi connectivity index (χ3n) is 6.12. The first-order valence-electron chi connectivity index (χ1n) is 8.94. The van der Waals surface area contributed by atoms with Crippen molar-refractivity contribution in [2.45, 2.75) is 44.9 Å². The van der Waals surface area contributed by atoms with Gasteiger partial charge in [0.1, 0.15) is 0 Å². The number of hydrogen-bond acceptors (Lipinski definition) is 3. The topological polar surface area (TPSA) is 38.8 Å². The molecule has 0 atom stereocenters. The summed E-state index contributed by atoms with van der Waals surface area (Å²) in [6.45, 7) is 2.88. The lowest BCUT2D eigenvalue weighted by Crippen LogP contribution is -2.55. The van der Waals surface area contributed by atoms with Gasteiger partial charge in [-0.05, 0) is 62.7 Å². The summed E-state index contributed by atoms with van der Waals surface area (Å²) in [6.07, 6.45) is 8.50. The molecule has 4 nitrogen and oxygen atoms in total. The van der Waals surface area contributed by atoms with Crippen LogP contribution >= 0.6 is 0 Å². The highest BCUT2D eigenvalue weighted by atomic mass is 16.5. The fourth-order valence-electron chi connectivity index (χ4n) is 5.62. The molecule has 0 aromatic heterocycles. The number of methoxy groups -OCH3 is 2. The summed E-state index contributed by atoms with van der Waals surface area (Å²) in [5.74, 6) is 2.87. The first kappa shape index (κ1) is 16.3. The Morgan fingerprint density at radius 1 is 0.955 bits per heavy atom. The lowest BCUT2D eigenvalue weighted by Gasteiger charge is -2.56. The van der Waals surface area contributed by atoms with Crippen LogP contribution in [-0.4, -0.2) is 51.3 Å². The summed E-state index contributed by atoms with van der Waals surface area (Å²) < 4.78 is 10.4. The van der Waals surface area contributed by atoms with Crippen LogP contribution in [0.5, 0.6) is 0 Å². The molecule has 4 aliphatic rings. The summed E-state index contributed by atoms with van der Waals surface area (Å²) in [5, 5.41) is 0. The minimum Gasteiger partial charge on any atom is -0.385 e. The Labute approximate surface area is 134 Å². The molecule has 1 amide bonds. The molecular formula is C18H31NO3. The van der Waals surface area contributed by atoms with Crippen LogP contribution in [0.15, 0.2) is 0 Å².